The zero-order chi connectivity index (χ0) is 11.1. The Balaban J connectivity index is 2.64. The molecule has 1 aromatic rings. The van der Waals surface area contributed by atoms with Gasteiger partial charge in [-0.2, -0.15) is 5.10 Å². The summed E-state index contributed by atoms with van der Waals surface area (Å²) >= 11 is 0. The van der Waals surface area contributed by atoms with Gasteiger partial charge in [-0.25, -0.2) is 0 Å². The van der Waals surface area contributed by atoms with Crippen LogP contribution in [-0.2, 0) is 6.42 Å². The van der Waals surface area contributed by atoms with Gasteiger partial charge in [0.15, 0.2) is 0 Å². The number of hydrogen-bond donors (Lipinski definition) is 3. The molecule has 84 valence electrons. The minimum Gasteiger partial charge on any atom is -0.411 e. The normalized spacial score (nSPS) is 13.2. The number of nitrogens with zero attached hydrogens (tertiary/aromatic N) is 2. The van der Waals surface area contributed by atoms with E-state index in [0.29, 0.717) is 0 Å². The first-order valence-electron chi connectivity index (χ1n) is 5.28. The number of oxime groups is 1. The fraction of sp³-hybridized carbons (Fsp3) is 0.600. The van der Waals surface area contributed by atoms with Gasteiger partial charge in [0.25, 0.3) is 0 Å². The van der Waals surface area contributed by atoms with Gasteiger partial charge in [-0.15, -0.1) is 0 Å². The lowest BCUT2D eigenvalue weighted by molar-refractivity contribution is 0.319. The zero-order valence-electron chi connectivity index (χ0n) is 9.20. The van der Waals surface area contributed by atoms with Crippen molar-refractivity contribution in [3.05, 3.63) is 11.8 Å². The topological polar surface area (TPSA) is 73.3 Å². The number of aromatic nitrogens is 2. The highest BCUT2D eigenvalue weighted by Gasteiger charge is 2.08. The summed E-state index contributed by atoms with van der Waals surface area (Å²) in [5, 5.41) is 21.7. The van der Waals surface area contributed by atoms with Gasteiger partial charge in [-0.05, 0) is 12.8 Å². The van der Waals surface area contributed by atoms with E-state index in [2.05, 4.69) is 34.5 Å². The van der Waals surface area contributed by atoms with E-state index in [1.165, 1.54) is 6.21 Å². The first-order chi connectivity index (χ1) is 7.31. The summed E-state index contributed by atoms with van der Waals surface area (Å²) < 4.78 is 0. The Labute approximate surface area is 89.6 Å². The first kappa shape index (κ1) is 11.6. The van der Waals surface area contributed by atoms with Crippen LogP contribution in [-0.4, -0.2) is 27.7 Å². The van der Waals surface area contributed by atoms with E-state index >= 15 is 0 Å². The Morgan fingerprint density at radius 1 is 1.67 bits per heavy atom. The van der Waals surface area contributed by atoms with Crippen molar-refractivity contribution in [3.8, 4) is 0 Å². The summed E-state index contributed by atoms with van der Waals surface area (Å²) in [6.07, 6.45) is 6.19. The molecule has 1 heterocycles. The molecule has 0 aliphatic heterocycles. The standard InChI is InChI=1S/C10H18N4O/c1-3-5-9(7-12-15)13-10-8(4-2)6-11-14-10/h6-7,9,15H,3-5H2,1-2H3,(H2,11,13,14). The van der Waals surface area contributed by atoms with E-state index in [1.807, 2.05) is 0 Å². The Hall–Kier alpha value is -1.52. The fourth-order valence-electron chi connectivity index (χ4n) is 1.46. The van der Waals surface area contributed by atoms with E-state index < -0.39 is 0 Å². The van der Waals surface area contributed by atoms with Crippen LogP contribution in [0.3, 0.4) is 0 Å². The van der Waals surface area contributed by atoms with Crippen molar-refractivity contribution in [2.45, 2.75) is 39.2 Å². The van der Waals surface area contributed by atoms with Gasteiger partial charge >= 0.3 is 0 Å². The maximum Gasteiger partial charge on any atom is 0.125 e. The summed E-state index contributed by atoms with van der Waals surface area (Å²) in [6, 6.07) is 0.0470. The number of H-pyrrole nitrogens is 1. The van der Waals surface area contributed by atoms with Gasteiger partial charge in [0.1, 0.15) is 5.82 Å². The monoisotopic (exact) mass is 210 g/mol. The Bertz CT molecular complexity index is 308. The number of aryl methyl sites for hydroxylation is 1. The summed E-state index contributed by atoms with van der Waals surface area (Å²) in [4.78, 5) is 0. The first-order valence-corrected chi connectivity index (χ1v) is 5.28. The SMILES string of the molecule is CCCC(C=NO)Nc1[nH]ncc1CC. The molecular formula is C10H18N4O. The van der Waals surface area contributed by atoms with Gasteiger partial charge in [0.05, 0.1) is 18.5 Å². The molecule has 1 unspecified atom stereocenters. The average molecular weight is 210 g/mol. The largest absolute Gasteiger partial charge is 0.411 e. The molecule has 1 aromatic heterocycles. The van der Waals surface area contributed by atoms with Crippen LogP contribution < -0.4 is 5.32 Å². The van der Waals surface area contributed by atoms with Crippen LogP contribution in [0, 0.1) is 0 Å². The van der Waals surface area contributed by atoms with Crippen LogP contribution in [0.5, 0.6) is 0 Å². The third-order valence-electron chi connectivity index (χ3n) is 2.27. The Morgan fingerprint density at radius 3 is 3.07 bits per heavy atom. The molecule has 0 spiro atoms. The van der Waals surface area contributed by atoms with Crippen LogP contribution in [0.25, 0.3) is 0 Å². The molecule has 0 saturated heterocycles. The quantitative estimate of drug-likeness (QED) is 0.382. The van der Waals surface area contributed by atoms with Crippen LogP contribution in [0.1, 0.15) is 32.3 Å². The number of rotatable bonds is 6. The van der Waals surface area contributed by atoms with Crippen molar-refractivity contribution < 1.29 is 5.21 Å². The van der Waals surface area contributed by atoms with E-state index in [4.69, 9.17) is 5.21 Å². The molecule has 0 aliphatic rings. The van der Waals surface area contributed by atoms with Crippen molar-refractivity contribution in [2.24, 2.45) is 5.16 Å². The van der Waals surface area contributed by atoms with Crippen LogP contribution >= 0.6 is 0 Å². The van der Waals surface area contributed by atoms with Gasteiger partial charge < -0.3 is 10.5 Å². The summed E-state index contributed by atoms with van der Waals surface area (Å²) in [5.74, 6) is 0.913. The second-order valence-electron chi connectivity index (χ2n) is 3.43. The fourth-order valence-corrected chi connectivity index (χ4v) is 1.46. The molecule has 15 heavy (non-hydrogen) atoms. The second kappa shape index (κ2) is 6.06. The molecule has 5 nitrogen and oxygen atoms in total. The predicted molar refractivity (Wildman–Crippen MR) is 60.6 cm³/mol. The molecule has 3 N–H and O–H groups in total. The highest BCUT2D eigenvalue weighted by atomic mass is 16.4. The molecule has 0 bridgehead atoms. The highest BCUT2D eigenvalue weighted by molar-refractivity contribution is 5.68. The number of nitrogens with one attached hydrogen (secondary N) is 2. The van der Waals surface area contributed by atoms with Crippen molar-refractivity contribution >= 4 is 12.0 Å². The zero-order valence-corrected chi connectivity index (χ0v) is 9.20. The maximum absolute atomic E-state index is 8.52. The lowest BCUT2D eigenvalue weighted by Crippen LogP contribution is -2.21. The lowest BCUT2D eigenvalue weighted by atomic mass is 10.1. The van der Waals surface area contributed by atoms with Crippen molar-refractivity contribution in [1.82, 2.24) is 10.2 Å². The molecule has 0 fully saturated rings. The Kier molecular flexibility index (Phi) is 4.66. The van der Waals surface area contributed by atoms with Gasteiger partial charge in [-0.3, -0.25) is 5.10 Å². The molecule has 0 saturated carbocycles. The van der Waals surface area contributed by atoms with E-state index in [9.17, 15) is 0 Å². The second-order valence-corrected chi connectivity index (χ2v) is 3.43. The third kappa shape index (κ3) is 3.27. The molecule has 0 aromatic carbocycles. The maximum atomic E-state index is 8.52. The molecule has 1 atom stereocenters. The molecule has 0 radical (unpaired) electrons. The van der Waals surface area contributed by atoms with Crippen molar-refractivity contribution in [1.29, 1.82) is 0 Å². The molecular weight excluding hydrogens is 192 g/mol. The number of aromatic amines is 1. The van der Waals surface area contributed by atoms with E-state index in [-0.39, 0.29) is 6.04 Å². The minimum absolute atomic E-state index is 0.0470. The summed E-state index contributed by atoms with van der Waals surface area (Å²) in [7, 11) is 0. The van der Waals surface area contributed by atoms with E-state index in [0.717, 1.165) is 30.6 Å². The average Bonchev–Trinajstić information content (AvgIpc) is 2.66. The Morgan fingerprint density at radius 2 is 2.47 bits per heavy atom. The van der Waals surface area contributed by atoms with Crippen molar-refractivity contribution in [2.75, 3.05) is 5.32 Å². The third-order valence-corrected chi connectivity index (χ3v) is 2.27. The van der Waals surface area contributed by atoms with Gasteiger partial charge in [0, 0.05) is 5.56 Å². The van der Waals surface area contributed by atoms with E-state index in [1.54, 1.807) is 6.20 Å². The van der Waals surface area contributed by atoms with Gasteiger partial charge in [0.2, 0.25) is 0 Å². The van der Waals surface area contributed by atoms with Crippen LogP contribution in [0.4, 0.5) is 5.82 Å². The van der Waals surface area contributed by atoms with Crippen LogP contribution in [0.15, 0.2) is 11.4 Å². The lowest BCUT2D eigenvalue weighted by Gasteiger charge is -2.13. The summed E-state index contributed by atoms with van der Waals surface area (Å²) in [6.45, 7) is 4.17. The number of hydrogen-bond acceptors (Lipinski definition) is 4. The highest BCUT2D eigenvalue weighted by Crippen LogP contribution is 2.13. The van der Waals surface area contributed by atoms with Gasteiger partial charge in [-0.1, -0.05) is 25.4 Å². The molecule has 5 heteroatoms. The number of anilines is 1. The summed E-state index contributed by atoms with van der Waals surface area (Å²) in [5.41, 5.74) is 1.14. The minimum atomic E-state index is 0.0470. The molecule has 0 amide bonds. The smallest absolute Gasteiger partial charge is 0.125 e. The molecule has 0 aliphatic carbocycles. The predicted octanol–water partition coefficient (Wildman–Crippen LogP) is 2.01. The van der Waals surface area contributed by atoms with Crippen molar-refractivity contribution in [3.63, 3.8) is 0 Å². The van der Waals surface area contributed by atoms with Crippen LogP contribution in [0.2, 0.25) is 0 Å². The molecule has 1 rings (SSSR count).